The van der Waals surface area contributed by atoms with Gasteiger partial charge in [0, 0.05) is 18.8 Å². The van der Waals surface area contributed by atoms with E-state index in [1.807, 2.05) is 24.3 Å². The third-order valence-electron chi connectivity index (χ3n) is 4.36. The van der Waals surface area contributed by atoms with Gasteiger partial charge >= 0.3 is 0 Å². The monoisotopic (exact) mass is 390 g/mol. The summed E-state index contributed by atoms with van der Waals surface area (Å²) in [5.74, 6) is 0.737. The molecule has 2 aromatic carbocycles. The number of carbonyl (C=O) groups is 1. The van der Waals surface area contributed by atoms with Gasteiger partial charge in [0.2, 0.25) is 10.0 Å². The van der Waals surface area contributed by atoms with Crippen LogP contribution in [0.2, 0.25) is 0 Å². The van der Waals surface area contributed by atoms with Crippen molar-refractivity contribution in [2.75, 3.05) is 31.8 Å². The van der Waals surface area contributed by atoms with E-state index in [4.69, 9.17) is 9.47 Å². The molecular formula is C19H22N2O5S. The molecular weight excluding hydrogens is 368 g/mol. The van der Waals surface area contributed by atoms with Crippen LogP contribution in [0, 0.1) is 0 Å². The molecule has 1 aliphatic rings. The van der Waals surface area contributed by atoms with Crippen molar-refractivity contribution in [2.24, 2.45) is 0 Å². The van der Waals surface area contributed by atoms with Crippen LogP contribution in [0.4, 0.5) is 5.69 Å². The van der Waals surface area contributed by atoms with Gasteiger partial charge in [-0.1, -0.05) is 18.2 Å². The molecule has 0 atom stereocenters. The molecule has 0 aliphatic carbocycles. The molecule has 2 aromatic rings. The Morgan fingerprint density at radius 3 is 2.59 bits per heavy atom. The van der Waals surface area contributed by atoms with E-state index in [1.165, 1.54) is 17.7 Å². The van der Waals surface area contributed by atoms with Crippen LogP contribution in [-0.4, -0.2) is 45.1 Å². The SMILES string of the molecule is COc1ccccc1OCC(=O)Nc1ccc2c(c1)CN(S(C)(=O)=O)CC2. The zero-order chi connectivity index (χ0) is 19.4. The average molecular weight is 390 g/mol. The number of fused-ring (bicyclic) bond motifs is 1. The summed E-state index contributed by atoms with van der Waals surface area (Å²) in [6.45, 7) is 0.632. The van der Waals surface area contributed by atoms with Gasteiger partial charge in [-0.2, -0.15) is 4.31 Å². The molecule has 27 heavy (non-hydrogen) atoms. The summed E-state index contributed by atoms with van der Waals surface area (Å²) in [6, 6.07) is 12.6. The normalized spacial score (nSPS) is 14.3. The zero-order valence-corrected chi connectivity index (χ0v) is 16.1. The molecule has 1 amide bonds. The molecule has 3 rings (SSSR count). The largest absolute Gasteiger partial charge is 0.493 e. The Labute approximate surface area is 158 Å². The second kappa shape index (κ2) is 7.98. The Balaban J connectivity index is 1.63. The number of ether oxygens (including phenoxy) is 2. The van der Waals surface area contributed by atoms with Gasteiger partial charge in [0.15, 0.2) is 18.1 Å². The molecule has 0 saturated heterocycles. The maximum Gasteiger partial charge on any atom is 0.262 e. The van der Waals surface area contributed by atoms with Gasteiger partial charge in [0.25, 0.3) is 5.91 Å². The van der Waals surface area contributed by atoms with Crippen LogP contribution >= 0.6 is 0 Å². The Kier molecular flexibility index (Phi) is 5.67. The van der Waals surface area contributed by atoms with Gasteiger partial charge in [0.05, 0.1) is 13.4 Å². The van der Waals surface area contributed by atoms with E-state index in [0.717, 1.165) is 11.1 Å². The van der Waals surface area contributed by atoms with E-state index >= 15 is 0 Å². The molecule has 144 valence electrons. The molecule has 0 unspecified atom stereocenters. The van der Waals surface area contributed by atoms with Gasteiger partial charge in [-0.25, -0.2) is 8.42 Å². The van der Waals surface area contributed by atoms with Crippen LogP contribution in [0.1, 0.15) is 11.1 Å². The number of nitrogens with zero attached hydrogens (tertiary/aromatic N) is 1. The quantitative estimate of drug-likeness (QED) is 0.816. The molecule has 1 N–H and O–H groups in total. The minimum atomic E-state index is -3.24. The van der Waals surface area contributed by atoms with Gasteiger partial charge in [-0.3, -0.25) is 4.79 Å². The number of rotatable bonds is 6. The lowest BCUT2D eigenvalue weighted by Crippen LogP contribution is -2.35. The van der Waals surface area contributed by atoms with E-state index in [9.17, 15) is 13.2 Å². The first kappa shape index (κ1) is 19.2. The summed E-state index contributed by atoms with van der Waals surface area (Å²) < 4.78 is 35.7. The van der Waals surface area contributed by atoms with Crippen molar-refractivity contribution in [3.63, 3.8) is 0 Å². The lowest BCUT2D eigenvalue weighted by molar-refractivity contribution is -0.118. The molecule has 0 bridgehead atoms. The molecule has 0 aromatic heterocycles. The minimum Gasteiger partial charge on any atom is -0.493 e. The van der Waals surface area contributed by atoms with E-state index in [2.05, 4.69) is 5.32 Å². The number of amides is 1. The van der Waals surface area contributed by atoms with E-state index < -0.39 is 10.0 Å². The van der Waals surface area contributed by atoms with Crippen LogP contribution in [0.5, 0.6) is 11.5 Å². The van der Waals surface area contributed by atoms with Crippen molar-refractivity contribution in [1.29, 1.82) is 0 Å². The highest BCUT2D eigenvalue weighted by Crippen LogP contribution is 2.26. The molecule has 0 fully saturated rings. The molecule has 0 spiro atoms. The predicted molar refractivity (Wildman–Crippen MR) is 103 cm³/mol. The van der Waals surface area contributed by atoms with E-state index in [1.54, 1.807) is 18.2 Å². The number of carbonyl (C=O) groups excluding carboxylic acids is 1. The summed E-state index contributed by atoms with van der Waals surface area (Å²) in [7, 11) is -1.70. The third kappa shape index (κ3) is 4.78. The van der Waals surface area contributed by atoms with Crippen LogP contribution in [0.3, 0.4) is 0 Å². The Hall–Kier alpha value is -2.58. The first-order valence-electron chi connectivity index (χ1n) is 8.49. The second-order valence-corrected chi connectivity index (χ2v) is 8.30. The maximum atomic E-state index is 12.2. The zero-order valence-electron chi connectivity index (χ0n) is 15.3. The standard InChI is InChI=1S/C19H22N2O5S/c1-25-17-5-3-4-6-18(17)26-13-19(22)20-16-8-7-14-9-10-21(27(2,23)24)12-15(14)11-16/h3-8,11H,9-10,12-13H2,1-2H3,(H,20,22). The van der Waals surface area contributed by atoms with Crippen molar-refractivity contribution < 1.29 is 22.7 Å². The molecule has 0 radical (unpaired) electrons. The van der Waals surface area contributed by atoms with Crippen molar-refractivity contribution in [1.82, 2.24) is 4.31 Å². The van der Waals surface area contributed by atoms with Gasteiger partial charge in [-0.15, -0.1) is 0 Å². The first-order valence-corrected chi connectivity index (χ1v) is 10.3. The predicted octanol–water partition coefficient (Wildman–Crippen LogP) is 2.03. The summed E-state index contributed by atoms with van der Waals surface area (Å²) in [5, 5.41) is 2.78. The number of para-hydroxylation sites is 2. The van der Waals surface area contributed by atoms with Gasteiger partial charge in [-0.05, 0) is 41.8 Å². The van der Waals surface area contributed by atoms with E-state index in [0.29, 0.717) is 36.7 Å². The van der Waals surface area contributed by atoms with Crippen molar-refractivity contribution in [3.05, 3.63) is 53.6 Å². The maximum absolute atomic E-state index is 12.2. The molecule has 1 heterocycles. The minimum absolute atomic E-state index is 0.160. The number of hydrogen-bond donors (Lipinski definition) is 1. The van der Waals surface area contributed by atoms with Crippen LogP contribution in [-0.2, 0) is 27.8 Å². The number of sulfonamides is 1. The molecule has 0 saturated carbocycles. The Morgan fingerprint density at radius 2 is 1.89 bits per heavy atom. The third-order valence-corrected chi connectivity index (χ3v) is 5.61. The lowest BCUT2D eigenvalue weighted by atomic mass is 10.0. The fourth-order valence-electron chi connectivity index (χ4n) is 2.97. The Morgan fingerprint density at radius 1 is 1.15 bits per heavy atom. The van der Waals surface area contributed by atoms with Gasteiger partial charge < -0.3 is 14.8 Å². The number of benzene rings is 2. The van der Waals surface area contributed by atoms with Crippen molar-refractivity contribution in [2.45, 2.75) is 13.0 Å². The summed E-state index contributed by atoms with van der Waals surface area (Å²) in [5.41, 5.74) is 2.60. The smallest absolute Gasteiger partial charge is 0.262 e. The number of methoxy groups -OCH3 is 1. The van der Waals surface area contributed by atoms with Crippen LogP contribution in [0.25, 0.3) is 0 Å². The van der Waals surface area contributed by atoms with Gasteiger partial charge in [0.1, 0.15) is 0 Å². The second-order valence-electron chi connectivity index (χ2n) is 6.32. The number of anilines is 1. The highest BCUT2D eigenvalue weighted by Gasteiger charge is 2.23. The fraction of sp³-hybridized carbons (Fsp3) is 0.316. The van der Waals surface area contributed by atoms with Crippen molar-refractivity contribution >= 4 is 21.6 Å². The number of hydrogen-bond acceptors (Lipinski definition) is 5. The fourth-order valence-corrected chi connectivity index (χ4v) is 3.77. The van der Waals surface area contributed by atoms with Crippen LogP contribution < -0.4 is 14.8 Å². The molecule has 1 aliphatic heterocycles. The summed E-state index contributed by atoms with van der Waals surface area (Å²) >= 11 is 0. The highest BCUT2D eigenvalue weighted by molar-refractivity contribution is 7.88. The van der Waals surface area contributed by atoms with Crippen LogP contribution in [0.15, 0.2) is 42.5 Å². The highest BCUT2D eigenvalue weighted by atomic mass is 32.2. The summed E-state index contributed by atoms with van der Waals surface area (Å²) in [4.78, 5) is 12.2. The molecule has 8 heteroatoms. The topological polar surface area (TPSA) is 84.9 Å². The first-order chi connectivity index (χ1) is 12.9. The van der Waals surface area contributed by atoms with Crippen molar-refractivity contribution in [3.8, 4) is 11.5 Å². The summed E-state index contributed by atoms with van der Waals surface area (Å²) in [6.07, 6.45) is 1.87. The number of nitrogens with one attached hydrogen (secondary N) is 1. The molecule has 7 nitrogen and oxygen atoms in total. The average Bonchev–Trinajstić information content (AvgIpc) is 2.65. The Bertz CT molecular complexity index is 943. The lowest BCUT2D eigenvalue weighted by Gasteiger charge is -2.27. The van der Waals surface area contributed by atoms with E-state index in [-0.39, 0.29) is 12.5 Å².